The van der Waals surface area contributed by atoms with Crippen LogP contribution >= 0.6 is 0 Å². The molecule has 0 N–H and O–H groups in total. The fraction of sp³-hybridized carbons (Fsp3) is 0.375. The number of piperidine rings is 1. The van der Waals surface area contributed by atoms with Gasteiger partial charge in [0.15, 0.2) is 0 Å². The normalized spacial score (nSPS) is 17.1. The minimum absolute atomic E-state index is 0.0312. The van der Waals surface area contributed by atoms with Crippen LogP contribution in [0.4, 0.5) is 0 Å². The maximum atomic E-state index is 12.3. The van der Waals surface area contributed by atoms with E-state index < -0.39 is 0 Å². The Hall–Kier alpha value is -2.63. The Morgan fingerprint density at radius 3 is 2.62 bits per heavy atom. The molecule has 2 aromatic carbocycles. The van der Waals surface area contributed by atoms with Crippen molar-refractivity contribution in [2.24, 2.45) is 0 Å². The van der Waals surface area contributed by atoms with Crippen molar-refractivity contribution in [2.45, 2.75) is 18.4 Å². The second-order valence-corrected chi connectivity index (χ2v) is 7.54. The summed E-state index contributed by atoms with van der Waals surface area (Å²) in [6.45, 7) is 2.40. The van der Waals surface area contributed by atoms with E-state index in [-0.39, 0.29) is 18.1 Å². The van der Waals surface area contributed by atoms with Crippen molar-refractivity contribution in [1.29, 1.82) is 0 Å². The molecule has 0 aromatic heterocycles. The highest BCUT2D eigenvalue weighted by Crippen LogP contribution is 2.38. The molecule has 5 heteroatoms. The molecule has 2 aliphatic heterocycles. The molecule has 29 heavy (non-hydrogen) atoms. The van der Waals surface area contributed by atoms with Crippen LogP contribution in [0.2, 0.25) is 0 Å². The molecule has 152 valence electrons. The zero-order chi connectivity index (χ0) is 20.1. The van der Waals surface area contributed by atoms with Gasteiger partial charge in [-0.1, -0.05) is 42.5 Å². The molecule has 1 spiro atoms. The highest BCUT2D eigenvalue weighted by molar-refractivity contribution is 5.77. The summed E-state index contributed by atoms with van der Waals surface area (Å²) in [7, 11) is 1.62. The topological polar surface area (TPSA) is 48.0 Å². The van der Waals surface area contributed by atoms with Crippen molar-refractivity contribution >= 4 is 12.0 Å². The van der Waals surface area contributed by atoms with Crippen LogP contribution in [0.15, 0.2) is 54.6 Å². The third-order valence-electron chi connectivity index (χ3n) is 5.62. The van der Waals surface area contributed by atoms with Crippen LogP contribution in [0.3, 0.4) is 0 Å². The van der Waals surface area contributed by atoms with Gasteiger partial charge < -0.3 is 19.1 Å². The van der Waals surface area contributed by atoms with Gasteiger partial charge in [-0.25, -0.2) is 0 Å². The summed E-state index contributed by atoms with van der Waals surface area (Å²) in [5.41, 5.74) is 3.16. The number of rotatable bonds is 6. The average Bonchev–Trinajstić information content (AvgIpc) is 2.77. The monoisotopic (exact) mass is 393 g/mol. The maximum absolute atomic E-state index is 12.3. The number of carbonyl (C=O) groups is 1. The molecule has 2 aliphatic rings. The van der Waals surface area contributed by atoms with Crippen LogP contribution in [-0.4, -0.2) is 56.4 Å². The third kappa shape index (κ3) is 4.52. The molecule has 2 aromatic rings. The van der Waals surface area contributed by atoms with Crippen molar-refractivity contribution in [3.8, 4) is 16.9 Å². The summed E-state index contributed by atoms with van der Waals surface area (Å²) in [6, 6.07) is 16.7. The lowest BCUT2D eigenvalue weighted by Crippen LogP contribution is -2.50. The van der Waals surface area contributed by atoms with Gasteiger partial charge in [0.1, 0.15) is 18.0 Å². The molecule has 4 rings (SSSR count). The average molecular weight is 393 g/mol. The number of hydrogen-bond acceptors (Lipinski definition) is 4. The zero-order valence-corrected chi connectivity index (χ0v) is 16.8. The van der Waals surface area contributed by atoms with E-state index in [2.05, 4.69) is 42.5 Å². The van der Waals surface area contributed by atoms with Crippen molar-refractivity contribution < 1.29 is 19.0 Å². The highest BCUT2D eigenvalue weighted by Gasteiger charge is 2.37. The molecule has 0 saturated carbocycles. The first-order valence-electron chi connectivity index (χ1n) is 10.1. The van der Waals surface area contributed by atoms with E-state index in [4.69, 9.17) is 14.2 Å². The van der Waals surface area contributed by atoms with Crippen molar-refractivity contribution in [1.82, 2.24) is 4.90 Å². The molecule has 0 atom stereocenters. The van der Waals surface area contributed by atoms with E-state index in [1.165, 1.54) is 11.1 Å². The standard InChI is InChI=1S/C24H27NO4/c1-27-15-16-28-18-23(26)25-13-11-24(12-14-25)10-9-21-17-20(7-8-22(21)29-24)19-5-3-2-4-6-19/h2-10,17H,11-16,18H2,1H3. The number of fused-ring (bicyclic) bond motifs is 1. The summed E-state index contributed by atoms with van der Waals surface area (Å²) in [5.74, 6) is 0.943. The SMILES string of the molecule is COCCOCC(=O)N1CCC2(C=Cc3cc(-c4ccccc4)ccc3O2)CC1. The molecule has 0 radical (unpaired) electrons. The van der Waals surface area contributed by atoms with Gasteiger partial charge in [-0.3, -0.25) is 4.79 Å². The molecule has 0 unspecified atom stereocenters. The predicted octanol–water partition coefficient (Wildman–Crippen LogP) is 3.78. The third-order valence-corrected chi connectivity index (χ3v) is 5.62. The van der Waals surface area contributed by atoms with Crippen molar-refractivity contribution in [2.75, 3.05) is 40.0 Å². The van der Waals surface area contributed by atoms with E-state index in [1.807, 2.05) is 23.1 Å². The molecule has 2 heterocycles. The summed E-state index contributed by atoms with van der Waals surface area (Å²) in [5, 5.41) is 0. The number of benzene rings is 2. The summed E-state index contributed by atoms with van der Waals surface area (Å²) in [6.07, 6.45) is 5.90. The van der Waals surface area contributed by atoms with Crippen LogP contribution in [-0.2, 0) is 14.3 Å². The predicted molar refractivity (Wildman–Crippen MR) is 113 cm³/mol. The van der Waals surface area contributed by atoms with E-state index in [0.29, 0.717) is 26.3 Å². The van der Waals surface area contributed by atoms with Crippen molar-refractivity contribution in [3.63, 3.8) is 0 Å². The van der Waals surface area contributed by atoms with Crippen LogP contribution in [0, 0.1) is 0 Å². The van der Waals surface area contributed by atoms with Crippen LogP contribution in [0.1, 0.15) is 18.4 Å². The molecule has 0 bridgehead atoms. The van der Waals surface area contributed by atoms with E-state index >= 15 is 0 Å². The number of ether oxygens (including phenoxy) is 3. The van der Waals surface area contributed by atoms with Gasteiger partial charge in [-0.2, -0.15) is 0 Å². The minimum atomic E-state index is -0.324. The van der Waals surface area contributed by atoms with E-state index in [1.54, 1.807) is 7.11 Å². The zero-order valence-electron chi connectivity index (χ0n) is 16.8. The molecule has 0 aliphatic carbocycles. The summed E-state index contributed by atoms with van der Waals surface area (Å²) >= 11 is 0. The lowest BCUT2D eigenvalue weighted by atomic mass is 9.87. The first kappa shape index (κ1) is 19.7. The Morgan fingerprint density at radius 1 is 1.07 bits per heavy atom. The fourth-order valence-corrected chi connectivity index (χ4v) is 3.87. The number of likely N-dealkylation sites (tertiary alicyclic amines) is 1. The first-order valence-corrected chi connectivity index (χ1v) is 10.1. The number of methoxy groups -OCH3 is 1. The van der Waals surface area contributed by atoms with Crippen LogP contribution < -0.4 is 4.74 Å². The Kier molecular flexibility index (Phi) is 5.97. The lowest BCUT2D eigenvalue weighted by molar-refractivity contribution is -0.139. The van der Waals surface area contributed by atoms with Crippen LogP contribution in [0.25, 0.3) is 17.2 Å². The van der Waals surface area contributed by atoms with Crippen molar-refractivity contribution in [3.05, 3.63) is 60.2 Å². The van der Waals surface area contributed by atoms with Crippen LogP contribution in [0.5, 0.6) is 5.75 Å². The first-order chi connectivity index (χ1) is 14.2. The Bertz CT molecular complexity index is 870. The second-order valence-electron chi connectivity index (χ2n) is 7.54. The molecule has 1 amide bonds. The van der Waals surface area contributed by atoms with Gasteiger partial charge in [-0.05, 0) is 29.3 Å². The van der Waals surface area contributed by atoms with E-state index in [9.17, 15) is 4.79 Å². The molecule has 1 fully saturated rings. The van der Waals surface area contributed by atoms with Gasteiger partial charge in [0, 0.05) is 38.6 Å². The maximum Gasteiger partial charge on any atom is 0.248 e. The molecule has 1 saturated heterocycles. The molecular weight excluding hydrogens is 366 g/mol. The van der Waals surface area contributed by atoms with Gasteiger partial charge in [0.05, 0.1) is 13.2 Å². The highest BCUT2D eigenvalue weighted by atomic mass is 16.5. The quantitative estimate of drug-likeness (QED) is 0.701. The largest absolute Gasteiger partial charge is 0.482 e. The molecular formula is C24H27NO4. The lowest BCUT2D eigenvalue weighted by Gasteiger charge is -2.42. The number of carbonyl (C=O) groups excluding carboxylic acids is 1. The Labute approximate surface area is 171 Å². The summed E-state index contributed by atoms with van der Waals surface area (Å²) < 4.78 is 16.7. The fourth-order valence-electron chi connectivity index (χ4n) is 3.87. The Balaban J connectivity index is 1.37. The number of amides is 1. The van der Waals surface area contributed by atoms with E-state index in [0.717, 1.165) is 24.2 Å². The Morgan fingerprint density at radius 2 is 1.86 bits per heavy atom. The smallest absolute Gasteiger partial charge is 0.248 e. The van der Waals surface area contributed by atoms with Gasteiger partial charge >= 0.3 is 0 Å². The number of hydrogen-bond donors (Lipinski definition) is 0. The second kappa shape index (κ2) is 8.80. The van der Waals surface area contributed by atoms with Gasteiger partial charge in [0.25, 0.3) is 0 Å². The van der Waals surface area contributed by atoms with Gasteiger partial charge in [0.2, 0.25) is 5.91 Å². The number of nitrogens with zero attached hydrogens (tertiary/aromatic N) is 1. The molecule has 5 nitrogen and oxygen atoms in total. The summed E-state index contributed by atoms with van der Waals surface area (Å²) in [4.78, 5) is 14.2. The minimum Gasteiger partial charge on any atom is -0.482 e. The van der Waals surface area contributed by atoms with Gasteiger partial charge in [-0.15, -0.1) is 0 Å².